The third-order valence-electron chi connectivity index (χ3n) is 7.85. The van der Waals surface area contributed by atoms with E-state index in [1.807, 2.05) is 12.1 Å². The van der Waals surface area contributed by atoms with Gasteiger partial charge in [0.05, 0.1) is 26.3 Å². The Morgan fingerprint density at radius 1 is 0.500 bits per heavy atom. The lowest BCUT2D eigenvalue weighted by molar-refractivity contribution is 0.303. The fourth-order valence-corrected chi connectivity index (χ4v) is 5.10. The lowest BCUT2D eigenvalue weighted by atomic mass is 10.1. The lowest BCUT2D eigenvalue weighted by Crippen LogP contribution is -1.98. The molecule has 2 rings (SSSR count). The van der Waals surface area contributed by atoms with Crippen molar-refractivity contribution in [2.24, 2.45) is 9.98 Å². The van der Waals surface area contributed by atoms with Gasteiger partial charge < -0.3 is 19.7 Å². The first-order valence-corrected chi connectivity index (χ1v) is 17.5. The zero-order valence-corrected chi connectivity index (χ0v) is 27.8. The van der Waals surface area contributed by atoms with Crippen molar-refractivity contribution in [2.45, 2.75) is 129 Å². The Balaban J connectivity index is 1.63. The van der Waals surface area contributed by atoms with Crippen molar-refractivity contribution in [3.05, 3.63) is 47.5 Å². The Kier molecular flexibility index (Phi) is 21.4. The topological polar surface area (TPSA) is 83.6 Å². The molecule has 2 aromatic rings. The van der Waals surface area contributed by atoms with Crippen LogP contribution in [0.2, 0.25) is 0 Å². The molecule has 2 aromatic carbocycles. The second-order valence-corrected chi connectivity index (χ2v) is 11.9. The van der Waals surface area contributed by atoms with Gasteiger partial charge in [0.15, 0.2) is 0 Å². The summed E-state index contributed by atoms with van der Waals surface area (Å²) in [5, 5.41) is 20.4. The van der Waals surface area contributed by atoms with Gasteiger partial charge in [-0.25, -0.2) is 0 Å². The van der Waals surface area contributed by atoms with Crippen LogP contribution in [0, 0.1) is 0 Å². The van der Waals surface area contributed by atoms with Gasteiger partial charge in [0.2, 0.25) is 0 Å². The Morgan fingerprint density at radius 2 is 0.841 bits per heavy atom. The summed E-state index contributed by atoms with van der Waals surface area (Å²) in [4.78, 5) is 8.84. The van der Waals surface area contributed by atoms with Crippen molar-refractivity contribution < 1.29 is 19.7 Å². The van der Waals surface area contributed by atoms with Gasteiger partial charge in [0, 0.05) is 23.6 Å². The van der Waals surface area contributed by atoms with Gasteiger partial charge >= 0.3 is 0 Å². The van der Waals surface area contributed by atoms with Gasteiger partial charge in [-0.2, -0.15) is 0 Å². The van der Waals surface area contributed by atoms with E-state index in [-0.39, 0.29) is 11.5 Å². The highest BCUT2D eigenvalue weighted by Gasteiger charge is 2.04. The smallest absolute Gasteiger partial charge is 0.124 e. The fraction of sp³-hybridized carbons (Fsp3) is 0.632. The molecule has 0 saturated heterocycles. The van der Waals surface area contributed by atoms with E-state index >= 15 is 0 Å². The Bertz CT molecular complexity index is 970. The third kappa shape index (κ3) is 17.9. The summed E-state index contributed by atoms with van der Waals surface area (Å²) in [7, 11) is 0. The molecule has 6 nitrogen and oxygen atoms in total. The third-order valence-corrected chi connectivity index (χ3v) is 7.85. The van der Waals surface area contributed by atoms with Crippen LogP contribution in [-0.2, 0) is 0 Å². The van der Waals surface area contributed by atoms with Crippen LogP contribution in [-0.4, -0.2) is 48.9 Å². The molecule has 0 fully saturated rings. The molecular weight excluding hydrogens is 548 g/mol. The number of phenolic OH excluding ortho intramolecular Hbond substituents is 2. The minimum absolute atomic E-state index is 0.178. The molecule has 0 aliphatic carbocycles. The molecule has 0 aromatic heterocycles. The SMILES string of the molecule is CCCCCCCCCCCOc1ccc(O)c(C=NCCN=Cc2cc(OCCCCCCCCCCC)ccc2O)c1. The summed E-state index contributed by atoms with van der Waals surface area (Å²) < 4.78 is 11.8. The van der Waals surface area contributed by atoms with E-state index in [1.165, 1.54) is 103 Å². The van der Waals surface area contributed by atoms with Crippen LogP contribution in [0.3, 0.4) is 0 Å². The molecule has 6 heteroatoms. The van der Waals surface area contributed by atoms with Crippen molar-refractivity contribution in [3.8, 4) is 23.0 Å². The summed E-state index contributed by atoms with van der Waals surface area (Å²) in [5.74, 6) is 1.85. The highest BCUT2D eigenvalue weighted by atomic mass is 16.5. The molecule has 2 N–H and O–H groups in total. The first-order valence-electron chi connectivity index (χ1n) is 17.5. The van der Waals surface area contributed by atoms with E-state index in [0.29, 0.717) is 37.4 Å². The number of aliphatic imine (C=N–C) groups is 2. The highest BCUT2D eigenvalue weighted by Crippen LogP contribution is 2.23. The van der Waals surface area contributed by atoms with E-state index in [1.54, 1.807) is 36.7 Å². The molecule has 0 spiro atoms. The van der Waals surface area contributed by atoms with Crippen LogP contribution in [0.5, 0.6) is 23.0 Å². The number of hydrogen-bond donors (Lipinski definition) is 2. The average molecular weight is 609 g/mol. The van der Waals surface area contributed by atoms with Crippen molar-refractivity contribution >= 4 is 12.4 Å². The Morgan fingerprint density at radius 3 is 1.20 bits per heavy atom. The van der Waals surface area contributed by atoms with Crippen molar-refractivity contribution in [2.75, 3.05) is 26.3 Å². The molecule has 0 aliphatic rings. The summed E-state index contributed by atoms with van der Waals surface area (Å²) in [6.07, 6.45) is 26.4. The van der Waals surface area contributed by atoms with E-state index in [4.69, 9.17) is 9.47 Å². The molecule has 0 bridgehead atoms. The number of ether oxygens (including phenoxy) is 2. The zero-order valence-electron chi connectivity index (χ0n) is 27.8. The molecule has 0 atom stereocenters. The minimum Gasteiger partial charge on any atom is -0.507 e. The predicted molar refractivity (Wildman–Crippen MR) is 187 cm³/mol. The Labute approximate surface area is 268 Å². The minimum atomic E-state index is 0.178. The number of nitrogens with zero attached hydrogens (tertiary/aromatic N) is 2. The predicted octanol–water partition coefficient (Wildman–Crippen LogP) is 10.5. The maximum atomic E-state index is 10.2. The van der Waals surface area contributed by atoms with Gasteiger partial charge in [-0.15, -0.1) is 0 Å². The molecule has 0 radical (unpaired) electrons. The molecule has 0 amide bonds. The fourth-order valence-electron chi connectivity index (χ4n) is 5.10. The quantitative estimate of drug-likeness (QED) is 0.0780. The molecular formula is C38H60N2O4. The number of aromatic hydroxyl groups is 2. The van der Waals surface area contributed by atoms with E-state index < -0.39 is 0 Å². The zero-order chi connectivity index (χ0) is 31.5. The van der Waals surface area contributed by atoms with Crippen LogP contribution < -0.4 is 9.47 Å². The normalized spacial score (nSPS) is 11.6. The van der Waals surface area contributed by atoms with Crippen molar-refractivity contribution in [3.63, 3.8) is 0 Å². The monoisotopic (exact) mass is 608 g/mol. The number of phenols is 2. The van der Waals surface area contributed by atoms with Crippen molar-refractivity contribution in [1.29, 1.82) is 0 Å². The molecule has 0 unspecified atom stereocenters. The summed E-state index contributed by atoms with van der Waals surface area (Å²) in [6.45, 7) is 6.81. The van der Waals surface area contributed by atoms with E-state index in [9.17, 15) is 10.2 Å². The molecule has 0 heterocycles. The Hall–Kier alpha value is -3.02. The first-order chi connectivity index (χ1) is 21.6. The van der Waals surface area contributed by atoms with Gasteiger partial charge in [-0.3, -0.25) is 9.98 Å². The van der Waals surface area contributed by atoms with Crippen LogP contribution in [0.15, 0.2) is 46.4 Å². The summed E-state index contributed by atoms with van der Waals surface area (Å²) >= 11 is 0. The number of benzene rings is 2. The van der Waals surface area contributed by atoms with Crippen molar-refractivity contribution in [1.82, 2.24) is 0 Å². The second kappa shape index (κ2) is 25.3. The average Bonchev–Trinajstić information content (AvgIpc) is 3.03. The van der Waals surface area contributed by atoms with Crippen LogP contribution in [0.1, 0.15) is 141 Å². The van der Waals surface area contributed by atoms with Crippen LogP contribution in [0.25, 0.3) is 0 Å². The van der Waals surface area contributed by atoms with Gasteiger partial charge in [-0.1, -0.05) is 117 Å². The lowest BCUT2D eigenvalue weighted by Gasteiger charge is -2.08. The first kappa shape index (κ1) is 37.2. The molecule has 0 saturated carbocycles. The van der Waals surface area contributed by atoms with E-state index in [0.717, 1.165) is 24.3 Å². The molecule has 0 aliphatic heterocycles. The van der Waals surface area contributed by atoms with Gasteiger partial charge in [-0.05, 0) is 49.2 Å². The molecule has 44 heavy (non-hydrogen) atoms. The number of rotatable bonds is 27. The highest BCUT2D eigenvalue weighted by molar-refractivity contribution is 5.85. The van der Waals surface area contributed by atoms with Crippen LogP contribution in [0.4, 0.5) is 0 Å². The van der Waals surface area contributed by atoms with E-state index in [2.05, 4.69) is 23.8 Å². The maximum absolute atomic E-state index is 10.2. The number of unbranched alkanes of at least 4 members (excludes halogenated alkanes) is 16. The summed E-state index contributed by atoms with van der Waals surface area (Å²) in [5.41, 5.74) is 1.26. The number of hydrogen-bond acceptors (Lipinski definition) is 6. The summed E-state index contributed by atoms with van der Waals surface area (Å²) in [6, 6.07) is 10.6. The molecule has 246 valence electrons. The van der Waals surface area contributed by atoms with Gasteiger partial charge in [0.25, 0.3) is 0 Å². The van der Waals surface area contributed by atoms with Gasteiger partial charge in [0.1, 0.15) is 23.0 Å². The standard InChI is InChI=1S/C38H60N2O4/c1-3-5-7-9-11-13-15-17-19-27-43-35-21-23-37(41)33(29-35)31-39-25-26-40-32-34-30-36(22-24-38(34)42)44-28-20-18-16-14-12-10-8-6-4-2/h21-24,29-32,41-42H,3-20,25-28H2,1-2H3. The second-order valence-electron chi connectivity index (χ2n) is 11.9. The maximum Gasteiger partial charge on any atom is 0.124 e. The van der Waals surface area contributed by atoms with Crippen LogP contribution >= 0.6 is 0 Å². The largest absolute Gasteiger partial charge is 0.507 e.